The van der Waals surface area contributed by atoms with Crippen molar-refractivity contribution < 1.29 is 0 Å². The minimum atomic E-state index is 0.991. The largest absolute Gasteiger partial charge is 0.265 e. The third-order valence-electron chi connectivity index (χ3n) is 2.15. The van der Waals surface area contributed by atoms with Gasteiger partial charge in [-0.3, -0.25) is 9.97 Å². The van der Waals surface area contributed by atoms with Crippen LogP contribution in [0.5, 0.6) is 0 Å². The van der Waals surface area contributed by atoms with Gasteiger partial charge in [-0.1, -0.05) is 6.07 Å². The number of hydrogen-bond donors (Lipinski definition) is 0. The fourth-order valence-electron chi connectivity index (χ4n) is 1.37. The maximum Gasteiger partial charge on any atom is 0.0406 e. The predicted octanol–water partition coefficient (Wildman–Crippen LogP) is 2.26. The smallest absolute Gasteiger partial charge is 0.0406 e. The molecule has 0 amide bonds. The van der Waals surface area contributed by atoms with Gasteiger partial charge in [-0.2, -0.15) is 0 Å². The molecule has 0 saturated carbocycles. The Hall–Kier alpha value is -1.70. The lowest BCUT2D eigenvalue weighted by molar-refractivity contribution is 0.911. The second-order valence-electron chi connectivity index (χ2n) is 3.18. The van der Waals surface area contributed by atoms with Gasteiger partial charge in [0, 0.05) is 24.3 Å². The lowest BCUT2D eigenvalue weighted by atomic mass is 10.1. The Kier molecular flexibility index (Phi) is 2.86. The first-order valence-electron chi connectivity index (χ1n) is 4.74. The molecule has 14 heavy (non-hydrogen) atoms. The number of aromatic nitrogens is 2. The molecule has 0 radical (unpaired) electrons. The zero-order valence-electron chi connectivity index (χ0n) is 7.93. The Morgan fingerprint density at radius 2 is 1.71 bits per heavy atom. The van der Waals surface area contributed by atoms with E-state index < -0.39 is 0 Å². The molecule has 0 fully saturated rings. The summed E-state index contributed by atoms with van der Waals surface area (Å²) in [6.45, 7) is 0. The van der Waals surface area contributed by atoms with Crippen LogP contribution in [0.2, 0.25) is 0 Å². The van der Waals surface area contributed by atoms with Gasteiger partial charge in [-0.15, -0.1) is 0 Å². The predicted molar refractivity (Wildman–Crippen MR) is 55.9 cm³/mol. The van der Waals surface area contributed by atoms with Crippen molar-refractivity contribution >= 4 is 0 Å². The van der Waals surface area contributed by atoms with Crippen LogP contribution in [0, 0.1) is 0 Å². The highest BCUT2D eigenvalue weighted by Gasteiger charge is 1.94. The van der Waals surface area contributed by atoms with Gasteiger partial charge in [0.25, 0.3) is 0 Å². The number of hydrogen-bond acceptors (Lipinski definition) is 2. The van der Waals surface area contributed by atoms with Crippen LogP contribution in [0.4, 0.5) is 0 Å². The van der Waals surface area contributed by atoms with Gasteiger partial charge < -0.3 is 0 Å². The van der Waals surface area contributed by atoms with Crippen LogP contribution in [0.3, 0.4) is 0 Å². The molecule has 0 aliphatic heterocycles. The molecule has 70 valence electrons. The van der Waals surface area contributed by atoms with Gasteiger partial charge in [0.2, 0.25) is 0 Å². The highest BCUT2D eigenvalue weighted by Crippen LogP contribution is 2.03. The molecule has 2 rings (SSSR count). The molecule has 0 N–H and O–H groups in total. The molecule has 2 aromatic rings. The van der Waals surface area contributed by atoms with Crippen molar-refractivity contribution in [2.45, 2.75) is 12.8 Å². The third kappa shape index (κ3) is 2.39. The molecule has 0 aliphatic rings. The molecule has 0 atom stereocenters. The van der Waals surface area contributed by atoms with Crippen LogP contribution >= 0.6 is 0 Å². The summed E-state index contributed by atoms with van der Waals surface area (Å²) < 4.78 is 0. The summed E-state index contributed by atoms with van der Waals surface area (Å²) >= 11 is 0. The van der Waals surface area contributed by atoms with Crippen molar-refractivity contribution in [1.29, 1.82) is 0 Å². The average Bonchev–Trinajstić information content (AvgIpc) is 2.29. The average molecular weight is 184 g/mol. The molecule has 2 nitrogen and oxygen atoms in total. The van der Waals surface area contributed by atoms with E-state index in [9.17, 15) is 0 Å². The van der Waals surface area contributed by atoms with Crippen molar-refractivity contribution in [2.75, 3.05) is 0 Å². The molecule has 0 saturated heterocycles. The second kappa shape index (κ2) is 4.51. The molecule has 0 bridgehead atoms. The highest BCUT2D eigenvalue weighted by molar-refractivity contribution is 5.12. The number of pyridine rings is 2. The summed E-state index contributed by atoms with van der Waals surface area (Å²) in [5.74, 6) is 0. The van der Waals surface area contributed by atoms with Crippen molar-refractivity contribution in [3.63, 3.8) is 0 Å². The first kappa shape index (κ1) is 8.88. The summed E-state index contributed by atoms with van der Waals surface area (Å²) in [6, 6.07) is 10.1. The van der Waals surface area contributed by atoms with E-state index in [0.717, 1.165) is 18.5 Å². The number of aryl methyl sites for hydroxylation is 2. The molecular formula is C12H12N2. The Bertz CT molecular complexity index is 331. The quantitative estimate of drug-likeness (QED) is 0.731. The van der Waals surface area contributed by atoms with E-state index in [2.05, 4.69) is 16.0 Å². The van der Waals surface area contributed by atoms with Crippen molar-refractivity contribution in [3.05, 3.63) is 60.2 Å². The zero-order valence-corrected chi connectivity index (χ0v) is 7.93. The van der Waals surface area contributed by atoms with Gasteiger partial charge in [-0.05, 0) is 42.7 Å². The van der Waals surface area contributed by atoms with Crippen molar-refractivity contribution in [2.24, 2.45) is 0 Å². The molecule has 2 heterocycles. The van der Waals surface area contributed by atoms with E-state index >= 15 is 0 Å². The van der Waals surface area contributed by atoms with Gasteiger partial charge in [-0.25, -0.2) is 0 Å². The summed E-state index contributed by atoms with van der Waals surface area (Å²) in [4.78, 5) is 8.26. The van der Waals surface area contributed by atoms with E-state index in [1.54, 1.807) is 0 Å². The van der Waals surface area contributed by atoms with Crippen LogP contribution in [0.15, 0.2) is 48.9 Å². The molecule has 0 spiro atoms. The SMILES string of the molecule is c1ccc(CCc2ccncc2)nc1. The molecular weight excluding hydrogens is 172 g/mol. The topological polar surface area (TPSA) is 25.8 Å². The number of nitrogens with zero attached hydrogens (tertiary/aromatic N) is 2. The Morgan fingerprint density at radius 1 is 0.857 bits per heavy atom. The van der Waals surface area contributed by atoms with Gasteiger partial charge in [0.1, 0.15) is 0 Å². The summed E-state index contributed by atoms with van der Waals surface area (Å²) in [5.41, 5.74) is 2.45. The van der Waals surface area contributed by atoms with E-state index in [1.165, 1.54) is 5.56 Å². The van der Waals surface area contributed by atoms with Gasteiger partial charge >= 0.3 is 0 Å². The van der Waals surface area contributed by atoms with Crippen LogP contribution in [-0.2, 0) is 12.8 Å². The van der Waals surface area contributed by atoms with Crippen molar-refractivity contribution in [3.8, 4) is 0 Å². The normalized spacial score (nSPS) is 10.0. The van der Waals surface area contributed by atoms with Crippen LogP contribution < -0.4 is 0 Å². The number of rotatable bonds is 3. The molecule has 2 aromatic heterocycles. The summed E-state index contributed by atoms with van der Waals surface area (Å²) in [6.07, 6.45) is 7.51. The lowest BCUT2D eigenvalue weighted by Crippen LogP contribution is -1.93. The lowest BCUT2D eigenvalue weighted by Gasteiger charge is -1.99. The summed E-state index contributed by atoms with van der Waals surface area (Å²) in [5, 5.41) is 0. The Morgan fingerprint density at radius 3 is 2.43 bits per heavy atom. The third-order valence-corrected chi connectivity index (χ3v) is 2.15. The van der Waals surface area contributed by atoms with Gasteiger partial charge in [0.15, 0.2) is 0 Å². The Balaban J connectivity index is 1.96. The maximum absolute atomic E-state index is 4.28. The van der Waals surface area contributed by atoms with Crippen LogP contribution in [-0.4, -0.2) is 9.97 Å². The molecule has 0 aliphatic carbocycles. The molecule has 0 unspecified atom stereocenters. The summed E-state index contributed by atoms with van der Waals surface area (Å²) in [7, 11) is 0. The van der Waals surface area contributed by atoms with Crippen LogP contribution in [0.1, 0.15) is 11.3 Å². The fourth-order valence-corrected chi connectivity index (χ4v) is 1.37. The van der Waals surface area contributed by atoms with Crippen molar-refractivity contribution in [1.82, 2.24) is 9.97 Å². The Labute approximate surface area is 83.7 Å². The van der Waals surface area contributed by atoms with E-state index in [-0.39, 0.29) is 0 Å². The van der Waals surface area contributed by atoms with Crippen LogP contribution in [0.25, 0.3) is 0 Å². The molecule has 2 heteroatoms. The first-order valence-corrected chi connectivity index (χ1v) is 4.74. The zero-order chi connectivity index (χ0) is 9.64. The minimum Gasteiger partial charge on any atom is -0.265 e. The van der Waals surface area contributed by atoms with E-state index in [4.69, 9.17) is 0 Å². The highest BCUT2D eigenvalue weighted by atomic mass is 14.7. The second-order valence-corrected chi connectivity index (χ2v) is 3.18. The first-order chi connectivity index (χ1) is 6.95. The molecule has 0 aromatic carbocycles. The standard InChI is InChI=1S/C12H12N2/c1-2-8-14-12(3-1)5-4-11-6-9-13-10-7-11/h1-3,6-10H,4-5H2. The maximum atomic E-state index is 4.28. The monoisotopic (exact) mass is 184 g/mol. The minimum absolute atomic E-state index is 0.991. The fraction of sp³-hybridized carbons (Fsp3) is 0.167. The van der Waals surface area contributed by atoms with E-state index in [0.29, 0.717) is 0 Å². The van der Waals surface area contributed by atoms with Gasteiger partial charge in [0.05, 0.1) is 0 Å². The van der Waals surface area contributed by atoms with E-state index in [1.807, 2.05) is 42.9 Å².